The van der Waals surface area contributed by atoms with Gasteiger partial charge in [-0.3, -0.25) is 0 Å². The molecule has 3 aromatic rings. The van der Waals surface area contributed by atoms with Crippen LogP contribution in [0.2, 0.25) is 0 Å². The van der Waals surface area contributed by atoms with Crippen LogP contribution in [0.15, 0.2) is 53.4 Å². The summed E-state index contributed by atoms with van der Waals surface area (Å²) in [6.07, 6.45) is 3.06. The molecule has 1 unspecified atom stereocenters. The smallest absolute Gasteiger partial charge is 0.251 e. The number of hydrogen-bond acceptors (Lipinski definition) is 6. The van der Waals surface area contributed by atoms with Crippen LogP contribution in [0.25, 0.3) is 11.5 Å². The monoisotopic (exact) mass is 267 g/mol. The molecule has 0 saturated heterocycles. The van der Waals surface area contributed by atoms with Gasteiger partial charge in [0.15, 0.2) is 0 Å². The first-order chi connectivity index (χ1) is 9.68. The molecule has 1 aromatic carbocycles. The summed E-state index contributed by atoms with van der Waals surface area (Å²) in [7, 11) is 0. The summed E-state index contributed by atoms with van der Waals surface area (Å²) < 4.78 is 5.29. The quantitative estimate of drug-likeness (QED) is 0.777. The van der Waals surface area contributed by atoms with Crippen molar-refractivity contribution in [3.63, 3.8) is 0 Å². The average molecular weight is 267 g/mol. The second-order valence-electron chi connectivity index (χ2n) is 4.59. The van der Waals surface area contributed by atoms with Gasteiger partial charge in [-0.05, 0) is 18.6 Å². The van der Waals surface area contributed by atoms with Crippen molar-refractivity contribution in [2.24, 2.45) is 5.73 Å². The zero-order valence-corrected chi connectivity index (χ0v) is 10.9. The summed E-state index contributed by atoms with van der Waals surface area (Å²) in [4.78, 5) is 12.3. The minimum absolute atomic E-state index is 0.345. The third-order valence-corrected chi connectivity index (χ3v) is 3.05. The first-order valence-electron chi connectivity index (χ1n) is 6.13. The zero-order chi connectivity index (χ0) is 14.0. The van der Waals surface area contributed by atoms with Gasteiger partial charge in [0.2, 0.25) is 5.82 Å². The third-order valence-electron chi connectivity index (χ3n) is 3.05. The lowest BCUT2D eigenvalue weighted by Crippen LogP contribution is -2.34. The fourth-order valence-corrected chi connectivity index (χ4v) is 1.87. The van der Waals surface area contributed by atoms with Gasteiger partial charge in [-0.2, -0.15) is 4.98 Å². The molecule has 0 spiro atoms. The molecular weight excluding hydrogens is 254 g/mol. The molecular formula is C14H13N5O. The Kier molecular flexibility index (Phi) is 3.00. The van der Waals surface area contributed by atoms with E-state index in [0.29, 0.717) is 17.4 Å². The standard InChI is InChI=1S/C14H13N5O/c1-14(15,10-5-3-2-4-6-10)13-18-12(19-20-13)11-7-8-16-9-17-11/h2-9H,15H2,1H3. The molecule has 0 aliphatic heterocycles. The van der Waals surface area contributed by atoms with Crippen molar-refractivity contribution >= 4 is 0 Å². The third kappa shape index (κ3) is 2.17. The molecule has 0 radical (unpaired) electrons. The van der Waals surface area contributed by atoms with Crippen molar-refractivity contribution in [2.45, 2.75) is 12.5 Å². The molecule has 0 amide bonds. The Morgan fingerprint density at radius 1 is 1.15 bits per heavy atom. The highest BCUT2D eigenvalue weighted by atomic mass is 16.5. The van der Waals surface area contributed by atoms with Crippen molar-refractivity contribution in [1.29, 1.82) is 0 Å². The zero-order valence-electron chi connectivity index (χ0n) is 10.9. The van der Waals surface area contributed by atoms with Crippen LogP contribution in [0.3, 0.4) is 0 Å². The van der Waals surface area contributed by atoms with Gasteiger partial charge in [-0.1, -0.05) is 35.5 Å². The summed E-state index contributed by atoms with van der Waals surface area (Å²) in [5.41, 5.74) is 6.97. The van der Waals surface area contributed by atoms with Gasteiger partial charge in [0.1, 0.15) is 17.6 Å². The Morgan fingerprint density at radius 3 is 2.65 bits per heavy atom. The Balaban J connectivity index is 1.98. The van der Waals surface area contributed by atoms with E-state index in [4.69, 9.17) is 10.3 Å². The van der Waals surface area contributed by atoms with E-state index < -0.39 is 5.54 Å². The molecule has 6 nitrogen and oxygen atoms in total. The van der Waals surface area contributed by atoms with Crippen molar-refractivity contribution in [2.75, 3.05) is 0 Å². The summed E-state index contributed by atoms with van der Waals surface area (Å²) >= 11 is 0. The lowest BCUT2D eigenvalue weighted by Gasteiger charge is -2.20. The number of nitrogens with zero attached hydrogens (tertiary/aromatic N) is 4. The van der Waals surface area contributed by atoms with Crippen LogP contribution in [0.4, 0.5) is 0 Å². The van der Waals surface area contributed by atoms with Gasteiger partial charge in [0, 0.05) is 6.20 Å². The van der Waals surface area contributed by atoms with Crippen LogP contribution < -0.4 is 5.73 Å². The Bertz CT molecular complexity index is 694. The largest absolute Gasteiger partial charge is 0.336 e. The molecule has 0 bridgehead atoms. The van der Waals surface area contributed by atoms with Crippen LogP contribution in [-0.2, 0) is 5.54 Å². The minimum atomic E-state index is -0.848. The number of benzene rings is 1. The minimum Gasteiger partial charge on any atom is -0.336 e. The maximum absolute atomic E-state index is 6.32. The maximum Gasteiger partial charge on any atom is 0.251 e. The molecule has 0 saturated carbocycles. The highest BCUT2D eigenvalue weighted by molar-refractivity contribution is 5.47. The topological polar surface area (TPSA) is 90.7 Å². The fraction of sp³-hybridized carbons (Fsp3) is 0.143. The Hall–Kier alpha value is -2.60. The molecule has 2 N–H and O–H groups in total. The molecule has 1 atom stereocenters. The molecule has 20 heavy (non-hydrogen) atoms. The summed E-state index contributed by atoms with van der Waals surface area (Å²) in [6, 6.07) is 11.3. The van der Waals surface area contributed by atoms with Crippen molar-refractivity contribution in [1.82, 2.24) is 20.1 Å². The Morgan fingerprint density at radius 2 is 1.95 bits per heavy atom. The first-order valence-corrected chi connectivity index (χ1v) is 6.13. The van der Waals surface area contributed by atoms with E-state index in [1.54, 1.807) is 12.3 Å². The maximum atomic E-state index is 6.32. The molecule has 0 fully saturated rings. The summed E-state index contributed by atoms with van der Waals surface area (Å²) in [5, 5.41) is 3.92. The Labute approximate surface area is 115 Å². The molecule has 0 aliphatic rings. The first kappa shape index (κ1) is 12.4. The van der Waals surface area contributed by atoms with Crippen molar-refractivity contribution in [3.8, 4) is 11.5 Å². The van der Waals surface area contributed by atoms with E-state index in [-0.39, 0.29) is 0 Å². The van der Waals surface area contributed by atoms with Crippen LogP contribution in [-0.4, -0.2) is 20.1 Å². The van der Waals surface area contributed by atoms with Crippen molar-refractivity contribution in [3.05, 3.63) is 60.4 Å². The lowest BCUT2D eigenvalue weighted by atomic mass is 9.93. The second kappa shape index (κ2) is 4.82. The van der Waals surface area contributed by atoms with Gasteiger partial charge < -0.3 is 10.3 Å². The summed E-state index contributed by atoms with van der Waals surface area (Å²) in [6.45, 7) is 1.83. The molecule has 2 aromatic heterocycles. The van der Waals surface area contributed by atoms with Crippen LogP contribution in [0.5, 0.6) is 0 Å². The number of aromatic nitrogens is 4. The van der Waals surface area contributed by atoms with Gasteiger partial charge in [0.25, 0.3) is 5.89 Å². The molecule has 3 rings (SSSR count). The normalized spacial score (nSPS) is 13.9. The van der Waals surface area contributed by atoms with E-state index in [9.17, 15) is 0 Å². The lowest BCUT2D eigenvalue weighted by molar-refractivity contribution is 0.325. The predicted molar refractivity (Wildman–Crippen MR) is 72.4 cm³/mol. The number of hydrogen-bond donors (Lipinski definition) is 1. The SMILES string of the molecule is CC(N)(c1ccccc1)c1nc(-c2ccncn2)no1. The van der Waals surface area contributed by atoms with E-state index >= 15 is 0 Å². The average Bonchev–Trinajstić information content (AvgIpc) is 3.00. The van der Waals surface area contributed by atoms with Gasteiger partial charge in [-0.25, -0.2) is 9.97 Å². The number of rotatable bonds is 3. The molecule has 6 heteroatoms. The molecule has 100 valence electrons. The van der Waals surface area contributed by atoms with E-state index in [0.717, 1.165) is 5.56 Å². The van der Waals surface area contributed by atoms with Crippen molar-refractivity contribution < 1.29 is 4.52 Å². The fourth-order valence-electron chi connectivity index (χ4n) is 1.87. The number of nitrogens with two attached hydrogens (primary N) is 1. The van der Waals surface area contributed by atoms with Gasteiger partial charge in [-0.15, -0.1) is 0 Å². The second-order valence-corrected chi connectivity index (χ2v) is 4.59. The predicted octanol–water partition coefficient (Wildman–Crippen LogP) is 1.75. The molecule has 0 aliphatic carbocycles. The highest BCUT2D eigenvalue weighted by Gasteiger charge is 2.30. The van der Waals surface area contributed by atoms with Gasteiger partial charge in [0.05, 0.1) is 0 Å². The summed E-state index contributed by atoms with van der Waals surface area (Å²) in [5.74, 6) is 0.743. The molecule has 2 heterocycles. The van der Waals surface area contributed by atoms with E-state index in [1.165, 1.54) is 6.33 Å². The van der Waals surface area contributed by atoms with Gasteiger partial charge >= 0.3 is 0 Å². The van der Waals surface area contributed by atoms with E-state index in [1.807, 2.05) is 37.3 Å². The van der Waals surface area contributed by atoms with Crippen LogP contribution in [0, 0.1) is 0 Å². The van der Waals surface area contributed by atoms with Crippen LogP contribution in [0.1, 0.15) is 18.4 Å². The highest BCUT2D eigenvalue weighted by Crippen LogP contribution is 2.26. The van der Waals surface area contributed by atoms with E-state index in [2.05, 4.69) is 20.1 Å². The van der Waals surface area contributed by atoms with Crippen LogP contribution >= 0.6 is 0 Å².